The van der Waals surface area contributed by atoms with Crippen molar-refractivity contribution in [3.05, 3.63) is 128 Å². The summed E-state index contributed by atoms with van der Waals surface area (Å²) in [5, 5.41) is 0. The van der Waals surface area contributed by atoms with Crippen molar-refractivity contribution in [2.75, 3.05) is 0 Å². The molecule has 0 atom stereocenters. The number of benzene rings is 4. The summed E-state index contributed by atoms with van der Waals surface area (Å²) in [6.45, 7) is 0. The van der Waals surface area contributed by atoms with E-state index in [1.807, 2.05) is 48.5 Å². The van der Waals surface area contributed by atoms with Crippen molar-refractivity contribution in [3.63, 3.8) is 0 Å². The van der Waals surface area contributed by atoms with E-state index in [-0.39, 0.29) is 20.1 Å². The first-order valence-corrected chi connectivity index (χ1v) is 10.2. The van der Waals surface area contributed by atoms with Gasteiger partial charge in [0.05, 0.1) is 0 Å². The van der Waals surface area contributed by atoms with E-state index in [4.69, 9.17) is 4.74 Å². The maximum atomic E-state index is 6.32. The Bertz CT molecular complexity index is 1230. The van der Waals surface area contributed by atoms with Gasteiger partial charge in [-0.05, 0) is 52.2 Å². The molecule has 0 amide bonds. The average molecular weight is 591 g/mol. The number of hydrogen-bond acceptors (Lipinski definition) is 2. The first-order chi connectivity index (χ1) is 15.3. The summed E-state index contributed by atoms with van der Waals surface area (Å²) in [4.78, 5) is 4.42. The Morgan fingerprint density at radius 1 is 0.562 bits per heavy atom. The van der Waals surface area contributed by atoms with Gasteiger partial charge in [0, 0.05) is 32.1 Å². The van der Waals surface area contributed by atoms with Gasteiger partial charge in [-0.3, -0.25) is 0 Å². The van der Waals surface area contributed by atoms with E-state index in [1.54, 1.807) is 6.20 Å². The second kappa shape index (κ2) is 10.2. The molecule has 0 N–H and O–H groups in total. The van der Waals surface area contributed by atoms with Crippen LogP contribution in [-0.4, -0.2) is 4.98 Å². The van der Waals surface area contributed by atoms with Gasteiger partial charge in [0.25, 0.3) is 0 Å². The van der Waals surface area contributed by atoms with Gasteiger partial charge in [0.15, 0.2) is 0 Å². The minimum absolute atomic E-state index is 0. The Hall–Kier alpha value is -3.52. The zero-order chi connectivity index (χ0) is 20.9. The minimum Gasteiger partial charge on any atom is -0.477 e. The molecular formula is C29H20IrNO-. The molecule has 1 aromatic heterocycles. The number of rotatable bonds is 5. The first-order valence-electron chi connectivity index (χ1n) is 10.2. The molecule has 32 heavy (non-hydrogen) atoms. The number of nitrogens with zero attached hydrogens (tertiary/aromatic N) is 1. The standard InChI is InChI=1S/C29H20NO.Ir/c1-3-10-22(11-4-1)25-18-26(23-12-5-2-6-13-23)21-28(20-25)31-27-15-9-14-24(19-27)29-16-7-8-17-30-29;/h1-13,15-21H;/q-1;. The average Bonchev–Trinajstić information content (AvgIpc) is 2.86. The van der Waals surface area contributed by atoms with E-state index < -0.39 is 0 Å². The zero-order valence-electron chi connectivity index (χ0n) is 17.2. The maximum Gasteiger partial charge on any atom is 0.126 e. The van der Waals surface area contributed by atoms with Gasteiger partial charge in [-0.15, -0.1) is 29.8 Å². The van der Waals surface area contributed by atoms with E-state index >= 15 is 0 Å². The van der Waals surface area contributed by atoms with Crippen LogP contribution in [-0.2, 0) is 20.1 Å². The molecule has 5 aromatic rings. The third-order valence-electron chi connectivity index (χ3n) is 5.07. The third kappa shape index (κ3) is 5.03. The van der Waals surface area contributed by atoms with Crippen molar-refractivity contribution >= 4 is 0 Å². The number of aromatic nitrogens is 1. The summed E-state index contributed by atoms with van der Waals surface area (Å²) in [5.41, 5.74) is 6.31. The number of hydrogen-bond donors (Lipinski definition) is 0. The van der Waals surface area contributed by atoms with Crippen LogP contribution in [0.2, 0.25) is 0 Å². The topological polar surface area (TPSA) is 22.1 Å². The van der Waals surface area contributed by atoms with Crippen molar-refractivity contribution < 1.29 is 24.8 Å². The monoisotopic (exact) mass is 591 g/mol. The van der Waals surface area contributed by atoms with Crippen LogP contribution in [0.25, 0.3) is 33.5 Å². The molecule has 0 aliphatic heterocycles. The SMILES string of the molecule is [Ir].[c-]1ccc(Oc2cc(-c3ccccc3)cc(-c3ccccc3)c2)cc1-c1ccccn1. The van der Waals surface area contributed by atoms with Crippen LogP contribution in [0.5, 0.6) is 11.5 Å². The molecule has 0 bridgehead atoms. The van der Waals surface area contributed by atoms with Crippen LogP contribution in [0.4, 0.5) is 0 Å². The Balaban J connectivity index is 0.00000245. The van der Waals surface area contributed by atoms with Crippen molar-refractivity contribution in [3.8, 4) is 45.0 Å². The zero-order valence-corrected chi connectivity index (χ0v) is 19.6. The van der Waals surface area contributed by atoms with E-state index in [1.165, 1.54) is 0 Å². The minimum atomic E-state index is 0. The van der Waals surface area contributed by atoms with Gasteiger partial charge in [-0.1, -0.05) is 72.8 Å². The van der Waals surface area contributed by atoms with Gasteiger partial charge in [-0.25, -0.2) is 0 Å². The quantitative estimate of drug-likeness (QED) is 0.196. The predicted octanol–water partition coefficient (Wildman–Crippen LogP) is 7.67. The summed E-state index contributed by atoms with van der Waals surface area (Å²) in [6, 6.07) is 42.0. The van der Waals surface area contributed by atoms with E-state index in [0.717, 1.165) is 45.0 Å². The van der Waals surface area contributed by atoms with Crippen LogP contribution >= 0.6 is 0 Å². The number of ether oxygens (including phenoxy) is 1. The molecule has 157 valence electrons. The summed E-state index contributed by atoms with van der Waals surface area (Å²) in [5.74, 6) is 1.54. The fourth-order valence-corrected chi connectivity index (χ4v) is 3.57. The molecular weight excluding hydrogens is 571 g/mol. The molecule has 5 rings (SSSR count). The van der Waals surface area contributed by atoms with E-state index in [2.05, 4.69) is 77.8 Å². The molecule has 2 nitrogen and oxygen atoms in total. The van der Waals surface area contributed by atoms with Crippen LogP contribution in [0.3, 0.4) is 0 Å². The van der Waals surface area contributed by atoms with Crippen molar-refractivity contribution in [2.45, 2.75) is 0 Å². The molecule has 1 heterocycles. The molecule has 0 aliphatic rings. The maximum absolute atomic E-state index is 6.32. The summed E-state index contributed by atoms with van der Waals surface area (Å²) in [7, 11) is 0. The fraction of sp³-hybridized carbons (Fsp3) is 0. The molecule has 0 aliphatic carbocycles. The molecule has 0 saturated carbocycles. The Kier molecular flexibility index (Phi) is 6.91. The van der Waals surface area contributed by atoms with Gasteiger partial charge in [0.2, 0.25) is 0 Å². The second-order valence-corrected chi connectivity index (χ2v) is 7.23. The number of pyridine rings is 1. The molecule has 4 aromatic carbocycles. The summed E-state index contributed by atoms with van der Waals surface area (Å²) >= 11 is 0. The second-order valence-electron chi connectivity index (χ2n) is 7.23. The molecule has 0 unspecified atom stereocenters. The molecule has 3 heteroatoms. The van der Waals surface area contributed by atoms with Crippen LogP contribution in [0.15, 0.2) is 121 Å². The van der Waals surface area contributed by atoms with Gasteiger partial charge >= 0.3 is 0 Å². The van der Waals surface area contributed by atoms with Crippen LogP contribution < -0.4 is 4.74 Å². The van der Waals surface area contributed by atoms with Gasteiger partial charge in [-0.2, -0.15) is 0 Å². The fourth-order valence-electron chi connectivity index (χ4n) is 3.57. The van der Waals surface area contributed by atoms with E-state index in [9.17, 15) is 0 Å². The largest absolute Gasteiger partial charge is 0.477 e. The van der Waals surface area contributed by atoms with Crippen molar-refractivity contribution in [1.82, 2.24) is 4.98 Å². The van der Waals surface area contributed by atoms with Crippen LogP contribution in [0.1, 0.15) is 0 Å². The molecule has 1 radical (unpaired) electrons. The smallest absolute Gasteiger partial charge is 0.126 e. The molecule has 0 spiro atoms. The summed E-state index contributed by atoms with van der Waals surface area (Å²) in [6.07, 6.45) is 1.78. The van der Waals surface area contributed by atoms with E-state index in [0.29, 0.717) is 0 Å². The Morgan fingerprint density at radius 3 is 1.78 bits per heavy atom. The van der Waals surface area contributed by atoms with Crippen LogP contribution in [0, 0.1) is 6.07 Å². The normalized spacial score (nSPS) is 10.2. The third-order valence-corrected chi connectivity index (χ3v) is 5.07. The van der Waals surface area contributed by atoms with Gasteiger partial charge in [0.1, 0.15) is 5.75 Å². The van der Waals surface area contributed by atoms with Crippen molar-refractivity contribution in [2.24, 2.45) is 0 Å². The molecule has 0 fully saturated rings. The predicted molar refractivity (Wildman–Crippen MR) is 126 cm³/mol. The summed E-state index contributed by atoms with van der Waals surface area (Å²) < 4.78 is 6.32. The Labute approximate surface area is 201 Å². The Morgan fingerprint density at radius 2 is 1.19 bits per heavy atom. The first kappa shape index (κ1) is 21.7. The van der Waals surface area contributed by atoms with Crippen molar-refractivity contribution in [1.29, 1.82) is 0 Å². The molecule has 0 saturated heterocycles. The van der Waals surface area contributed by atoms with Gasteiger partial charge < -0.3 is 9.72 Å².